The van der Waals surface area contributed by atoms with E-state index in [-0.39, 0.29) is 5.78 Å². The fourth-order valence-electron chi connectivity index (χ4n) is 3.49. The van der Waals surface area contributed by atoms with Crippen molar-refractivity contribution >= 4 is 45.9 Å². The molecule has 0 bridgehead atoms. The van der Waals surface area contributed by atoms with Crippen LogP contribution in [0.15, 0.2) is 12.1 Å². The lowest BCUT2D eigenvalue weighted by Gasteiger charge is -2.08. The number of carbonyl (C=O) groups excluding carboxylic acids is 2. The van der Waals surface area contributed by atoms with Gasteiger partial charge in [0.25, 0.3) is 0 Å². The summed E-state index contributed by atoms with van der Waals surface area (Å²) in [5, 5.41) is 0. The minimum Gasteiger partial charge on any atom is -0.302 e. The molecule has 0 N–H and O–H groups in total. The Morgan fingerprint density at radius 2 is 1.68 bits per heavy atom. The highest BCUT2D eigenvalue weighted by Gasteiger charge is 2.24. The highest BCUT2D eigenvalue weighted by atomic mass is 32.1. The highest BCUT2D eigenvalue weighted by Crippen LogP contribution is 2.44. The number of aryl methyl sites for hydroxylation is 2. The molecule has 0 saturated carbocycles. The number of likely N-dealkylation sites (N-methyl/N-ethyl adjacent to an activating group) is 1. The summed E-state index contributed by atoms with van der Waals surface area (Å²) in [5.74, 6) is 0.180. The second-order valence-corrected chi connectivity index (χ2v) is 9.33. The number of rotatable bonds is 6. The molecule has 2 heterocycles. The van der Waals surface area contributed by atoms with Crippen molar-refractivity contribution in [3.05, 3.63) is 42.8 Å². The van der Waals surface area contributed by atoms with E-state index < -0.39 is 0 Å². The lowest BCUT2D eigenvalue weighted by molar-refractivity contribution is 0.0961. The Balaban J connectivity index is 2.02. The van der Waals surface area contributed by atoms with Gasteiger partial charge in [-0.2, -0.15) is 0 Å². The van der Waals surface area contributed by atoms with Gasteiger partial charge in [0.15, 0.2) is 12.1 Å². The molecule has 2 aromatic rings. The van der Waals surface area contributed by atoms with Gasteiger partial charge in [-0.15, -0.1) is 22.7 Å². The van der Waals surface area contributed by atoms with Crippen LogP contribution >= 0.6 is 22.7 Å². The van der Waals surface area contributed by atoms with Gasteiger partial charge in [-0.25, -0.2) is 0 Å². The first kappa shape index (κ1) is 18.2. The predicted octanol–water partition coefficient (Wildman–Crippen LogP) is 5.08. The molecule has 0 amide bonds. The first-order chi connectivity index (χ1) is 11.9. The molecule has 25 heavy (non-hydrogen) atoms. The Morgan fingerprint density at radius 1 is 1.08 bits per heavy atom. The van der Waals surface area contributed by atoms with Gasteiger partial charge in [0.05, 0.1) is 16.3 Å². The molecule has 1 aliphatic carbocycles. The topological polar surface area (TPSA) is 37.4 Å². The quantitative estimate of drug-likeness (QED) is 0.523. The molecule has 0 radical (unpaired) electrons. The summed E-state index contributed by atoms with van der Waals surface area (Å²) in [6.07, 6.45) is 4.15. The van der Waals surface area contributed by atoms with Crippen LogP contribution in [0, 0.1) is 13.8 Å². The molecule has 3 nitrogen and oxygen atoms in total. The van der Waals surface area contributed by atoms with E-state index in [2.05, 4.69) is 19.9 Å². The summed E-state index contributed by atoms with van der Waals surface area (Å²) in [5.41, 5.74) is 5.15. The minimum atomic E-state index is 0.180. The summed E-state index contributed by atoms with van der Waals surface area (Å²) >= 11 is 3.16. The van der Waals surface area contributed by atoms with Crippen LogP contribution in [0.5, 0.6) is 0 Å². The van der Waals surface area contributed by atoms with Gasteiger partial charge in [-0.3, -0.25) is 9.59 Å². The Labute approximate surface area is 157 Å². The van der Waals surface area contributed by atoms with Crippen molar-refractivity contribution in [3.8, 4) is 0 Å². The van der Waals surface area contributed by atoms with Crippen LogP contribution < -0.4 is 0 Å². The van der Waals surface area contributed by atoms with Gasteiger partial charge in [-0.1, -0.05) is 0 Å². The molecule has 0 fully saturated rings. The lowest BCUT2D eigenvalue weighted by atomic mass is 9.97. The van der Waals surface area contributed by atoms with Gasteiger partial charge in [0, 0.05) is 9.75 Å². The largest absolute Gasteiger partial charge is 0.302 e. The van der Waals surface area contributed by atoms with Crippen LogP contribution in [0.4, 0.5) is 0 Å². The van der Waals surface area contributed by atoms with Gasteiger partial charge in [0.1, 0.15) is 0 Å². The Kier molecular flexibility index (Phi) is 5.37. The van der Waals surface area contributed by atoms with Gasteiger partial charge < -0.3 is 4.90 Å². The zero-order valence-corrected chi connectivity index (χ0v) is 16.8. The minimum absolute atomic E-state index is 0.180. The zero-order valence-electron chi connectivity index (χ0n) is 15.1. The average Bonchev–Trinajstić information content (AvgIpc) is 3.23. The molecule has 0 spiro atoms. The van der Waals surface area contributed by atoms with Crippen molar-refractivity contribution in [2.75, 3.05) is 20.6 Å². The van der Waals surface area contributed by atoms with Crippen LogP contribution in [0.1, 0.15) is 59.5 Å². The zero-order chi connectivity index (χ0) is 18.1. The Morgan fingerprint density at radius 3 is 2.24 bits per heavy atom. The average molecular weight is 374 g/mol. The summed E-state index contributed by atoms with van der Waals surface area (Å²) < 4.78 is 0. The normalized spacial score (nSPS) is 14.6. The molecule has 1 aliphatic rings. The SMILES string of the molecule is Cc1sc(C=O)cc1C1=C(c2cc(C(=O)CN(C)C)sc2C)CCC1. The molecule has 0 aromatic carbocycles. The van der Waals surface area contributed by atoms with Crippen LogP contribution in [-0.4, -0.2) is 37.6 Å². The maximum atomic E-state index is 12.4. The number of Topliss-reactive ketones (excluding diaryl/α,β-unsaturated/α-hetero) is 1. The van der Waals surface area contributed by atoms with Gasteiger partial charge >= 0.3 is 0 Å². The molecule has 0 aliphatic heterocycles. The van der Waals surface area contributed by atoms with Crippen molar-refractivity contribution < 1.29 is 9.59 Å². The van der Waals surface area contributed by atoms with E-state index in [1.54, 1.807) is 22.7 Å². The molecule has 0 atom stereocenters. The van der Waals surface area contributed by atoms with Crippen molar-refractivity contribution in [1.82, 2.24) is 4.90 Å². The van der Waals surface area contributed by atoms with Crippen LogP contribution in [0.25, 0.3) is 11.1 Å². The van der Waals surface area contributed by atoms with E-state index in [9.17, 15) is 9.59 Å². The highest BCUT2D eigenvalue weighted by molar-refractivity contribution is 7.14. The number of aldehydes is 1. The lowest BCUT2D eigenvalue weighted by Crippen LogP contribution is -2.20. The molecular formula is C20H23NO2S2. The molecule has 5 heteroatoms. The molecular weight excluding hydrogens is 350 g/mol. The second-order valence-electron chi connectivity index (χ2n) is 6.79. The number of nitrogens with zero attached hydrogens (tertiary/aromatic N) is 1. The van der Waals surface area contributed by atoms with E-state index in [0.29, 0.717) is 6.54 Å². The number of ketones is 1. The summed E-state index contributed by atoms with van der Waals surface area (Å²) in [4.78, 5) is 29.5. The van der Waals surface area contributed by atoms with E-state index >= 15 is 0 Å². The number of hydrogen-bond acceptors (Lipinski definition) is 5. The first-order valence-electron chi connectivity index (χ1n) is 8.47. The van der Waals surface area contributed by atoms with E-state index in [4.69, 9.17) is 0 Å². The summed E-state index contributed by atoms with van der Waals surface area (Å²) in [7, 11) is 3.84. The Bertz CT molecular complexity index is 855. The third-order valence-electron chi connectivity index (χ3n) is 4.57. The standard InChI is InChI=1S/C20H23NO2S2/c1-12-17(8-14(11-22)24-12)15-6-5-7-16(15)18-9-20(25-13(18)2)19(23)10-21(3)4/h8-9,11H,5-7,10H2,1-4H3. The monoisotopic (exact) mass is 373 g/mol. The summed E-state index contributed by atoms with van der Waals surface area (Å²) in [6, 6.07) is 4.10. The number of thiophene rings is 2. The maximum Gasteiger partial charge on any atom is 0.186 e. The van der Waals surface area contributed by atoms with E-state index in [1.165, 1.54) is 32.0 Å². The second kappa shape index (κ2) is 7.36. The number of allylic oxidation sites excluding steroid dienone is 2. The fraction of sp³-hybridized carbons (Fsp3) is 0.400. The molecule has 0 unspecified atom stereocenters. The number of hydrogen-bond donors (Lipinski definition) is 0. The number of carbonyl (C=O) groups is 2. The van der Waals surface area contributed by atoms with Crippen molar-refractivity contribution in [1.29, 1.82) is 0 Å². The van der Waals surface area contributed by atoms with Crippen molar-refractivity contribution in [3.63, 3.8) is 0 Å². The fourth-order valence-corrected chi connectivity index (χ4v) is 5.33. The van der Waals surface area contributed by atoms with E-state index in [0.717, 1.165) is 35.3 Å². The van der Waals surface area contributed by atoms with Crippen LogP contribution in [0.3, 0.4) is 0 Å². The molecule has 2 aromatic heterocycles. The third kappa shape index (κ3) is 3.68. The van der Waals surface area contributed by atoms with Gasteiger partial charge in [0.2, 0.25) is 0 Å². The predicted molar refractivity (Wildman–Crippen MR) is 107 cm³/mol. The first-order valence-corrected chi connectivity index (χ1v) is 10.1. The Hall–Kier alpha value is -1.56. The molecule has 0 saturated heterocycles. The maximum absolute atomic E-state index is 12.4. The third-order valence-corrected chi connectivity index (χ3v) is 6.64. The van der Waals surface area contributed by atoms with Crippen molar-refractivity contribution in [2.24, 2.45) is 0 Å². The molecule has 3 rings (SSSR count). The van der Waals surface area contributed by atoms with Gasteiger partial charge in [-0.05, 0) is 81.6 Å². The van der Waals surface area contributed by atoms with E-state index in [1.807, 2.05) is 25.1 Å². The van der Waals surface area contributed by atoms with Crippen molar-refractivity contribution in [2.45, 2.75) is 33.1 Å². The molecule has 132 valence electrons. The summed E-state index contributed by atoms with van der Waals surface area (Å²) in [6.45, 7) is 4.63. The van der Waals surface area contributed by atoms with Crippen LogP contribution in [-0.2, 0) is 0 Å². The van der Waals surface area contributed by atoms with Crippen LogP contribution in [0.2, 0.25) is 0 Å². The smallest absolute Gasteiger partial charge is 0.186 e.